The van der Waals surface area contributed by atoms with Gasteiger partial charge in [0.1, 0.15) is 11.6 Å². The number of carbonyl (C=O) groups excluding carboxylic acids is 1. The van der Waals surface area contributed by atoms with Gasteiger partial charge >= 0.3 is 12.1 Å². The predicted octanol–water partition coefficient (Wildman–Crippen LogP) is 6.91. The number of carbonyl (C=O) groups is 1. The van der Waals surface area contributed by atoms with Crippen LogP contribution in [0, 0.1) is 5.82 Å². The molecule has 10 heteroatoms. The van der Waals surface area contributed by atoms with Crippen LogP contribution in [0.3, 0.4) is 0 Å². The first kappa shape index (κ1) is 26.5. The summed E-state index contributed by atoms with van der Waals surface area (Å²) in [5.74, 6) is -0.753. The van der Waals surface area contributed by atoms with Gasteiger partial charge in [-0.25, -0.2) is 14.2 Å². The Morgan fingerprint density at radius 1 is 1.05 bits per heavy atom. The number of ether oxygens (including phenoxy) is 2. The second kappa shape index (κ2) is 11.2. The van der Waals surface area contributed by atoms with Gasteiger partial charge in [0.05, 0.1) is 35.9 Å². The van der Waals surface area contributed by atoms with Crippen molar-refractivity contribution >= 4 is 28.8 Å². The Morgan fingerprint density at radius 3 is 2.49 bits per heavy atom. The van der Waals surface area contributed by atoms with Gasteiger partial charge in [0.25, 0.3) is 0 Å². The minimum atomic E-state index is -4.68. The summed E-state index contributed by atoms with van der Waals surface area (Å²) in [7, 11) is 1.59. The molecule has 0 amide bonds. The molecule has 0 radical (unpaired) electrons. The lowest BCUT2D eigenvalue weighted by atomic mass is 10.1. The highest BCUT2D eigenvalue weighted by Crippen LogP contribution is 2.36. The van der Waals surface area contributed by atoms with Crippen molar-refractivity contribution < 1.29 is 31.8 Å². The van der Waals surface area contributed by atoms with Crippen molar-refractivity contribution in [2.45, 2.75) is 37.0 Å². The topological polar surface area (TPSA) is 53.3 Å². The summed E-state index contributed by atoms with van der Waals surface area (Å²) in [6.45, 7) is 2.44. The van der Waals surface area contributed by atoms with Gasteiger partial charge in [-0.2, -0.15) is 13.2 Å². The van der Waals surface area contributed by atoms with Gasteiger partial charge in [-0.05, 0) is 66.9 Å². The molecule has 0 spiro atoms. The van der Waals surface area contributed by atoms with Gasteiger partial charge in [0.2, 0.25) is 0 Å². The van der Waals surface area contributed by atoms with E-state index in [1.807, 2.05) is 28.8 Å². The summed E-state index contributed by atoms with van der Waals surface area (Å²) < 4.78 is 66.2. The molecule has 0 N–H and O–H groups in total. The number of fused-ring (bicyclic) bond motifs is 1. The third-order valence-corrected chi connectivity index (χ3v) is 6.77. The molecule has 0 aliphatic rings. The molecule has 5 nitrogen and oxygen atoms in total. The van der Waals surface area contributed by atoms with E-state index >= 15 is 0 Å². The maximum atomic E-state index is 13.5. The average Bonchev–Trinajstić information content (AvgIpc) is 3.23. The van der Waals surface area contributed by atoms with Crippen LogP contribution >= 0.6 is 11.8 Å². The Hall–Kier alpha value is -3.53. The minimum absolute atomic E-state index is 0.0418. The molecule has 0 saturated heterocycles. The van der Waals surface area contributed by atoms with Gasteiger partial charge in [0, 0.05) is 12.3 Å². The molecule has 0 aliphatic carbocycles. The van der Waals surface area contributed by atoms with Crippen LogP contribution in [0.5, 0.6) is 5.75 Å². The normalized spacial score (nSPS) is 11.6. The van der Waals surface area contributed by atoms with E-state index in [2.05, 4.69) is 4.98 Å². The fraction of sp³-hybridized carbons (Fsp3) is 0.259. The number of aromatic nitrogens is 2. The zero-order chi connectivity index (χ0) is 26.6. The molecule has 4 aromatic rings. The summed E-state index contributed by atoms with van der Waals surface area (Å²) in [5.41, 5.74) is 1.59. The molecule has 0 saturated carbocycles. The summed E-state index contributed by atoms with van der Waals surface area (Å²) in [4.78, 5) is 16.8. The monoisotopic (exact) mass is 532 g/mol. The number of benzene rings is 3. The third kappa shape index (κ3) is 6.25. The highest BCUT2D eigenvalue weighted by atomic mass is 32.2. The highest BCUT2D eigenvalue weighted by molar-refractivity contribution is 7.98. The second-order valence-electron chi connectivity index (χ2n) is 8.16. The first-order valence-electron chi connectivity index (χ1n) is 11.5. The van der Waals surface area contributed by atoms with Gasteiger partial charge in [0.15, 0.2) is 5.16 Å². The first-order chi connectivity index (χ1) is 17.7. The maximum Gasteiger partial charge on any atom is 0.416 e. The van der Waals surface area contributed by atoms with E-state index < -0.39 is 23.5 Å². The molecule has 37 heavy (non-hydrogen) atoms. The molecule has 4 rings (SSSR count). The number of hydrogen-bond acceptors (Lipinski definition) is 5. The van der Waals surface area contributed by atoms with E-state index in [-0.39, 0.29) is 17.9 Å². The average molecular weight is 533 g/mol. The Kier molecular flexibility index (Phi) is 8.06. The summed E-state index contributed by atoms with van der Waals surface area (Å²) in [6.07, 6.45) is -4.05. The van der Waals surface area contributed by atoms with Crippen LogP contribution < -0.4 is 4.74 Å². The van der Waals surface area contributed by atoms with Crippen LogP contribution in [-0.2, 0) is 29.6 Å². The molecule has 0 atom stereocenters. The van der Waals surface area contributed by atoms with E-state index in [4.69, 9.17) is 9.47 Å². The molecule has 0 aliphatic heterocycles. The maximum absolute atomic E-state index is 13.5. The van der Waals surface area contributed by atoms with Gasteiger partial charge in [-0.3, -0.25) is 0 Å². The van der Waals surface area contributed by atoms with Crippen LogP contribution in [0.15, 0.2) is 65.8 Å². The number of hydrogen-bond donors (Lipinski definition) is 0. The quantitative estimate of drug-likeness (QED) is 0.133. The molecule has 0 unspecified atom stereocenters. The summed E-state index contributed by atoms with van der Waals surface area (Å²) in [5, 5.41) is 0.488. The summed E-state index contributed by atoms with van der Waals surface area (Å²) in [6, 6.07) is 15.3. The molecular formula is C27H24F4N2O3S. The van der Waals surface area contributed by atoms with E-state index in [0.717, 1.165) is 40.7 Å². The zero-order valence-corrected chi connectivity index (χ0v) is 21.0. The molecule has 0 bridgehead atoms. The number of nitrogens with zero attached hydrogens (tertiary/aromatic N) is 2. The van der Waals surface area contributed by atoms with Crippen LogP contribution in [0.2, 0.25) is 0 Å². The van der Waals surface area contributed by atoms with Crippen molar-refractivity contribution in [2.75, 3.05) is 13.7 Å². The number of esters is 1. The Balaban J connectivity index is 1.66. The lowest BCUT2D eigenvalue weighted by Gasteiger charge is -2.13. The predicted molar refractivity (Wildman–Crippen MR) is 133 cm³/mol. The first-order valence-corrected chi connectivity index (χ1v) is 12.5. The zero-order valence-electron chi connectivity index (χ0n) is 20.1. The number of aryl methyl sites for hydroxylation is 2. The van der Waals surface area contributed by atoms with Crippen LogP contribution in [0.1, 0.15) is 34.0 Å². The highest BCUT2D eigenvalue weighted by Gasteiger charge is 2.33. The van der Waals surface area contributed by atoms with Crippen molar-refractivity contribution in [1.82, 2.24) is 9.55 Å². The van der Waals surface area contributed by atoms with Crippen LogP contribution in [0.4, 0.5) is 17.6 Å². The number of methoxy groups -OCH3 is 1. The van der Waals surface area contributed by atoms with Crippen LogP contribution in [0.25, 0.3) is 11.0 Å². The smallest absolute Gasteiger partial charge is 0.416 e. The molecule has 1 aromatic heterocycles. The van der Waals surface area contributed by atoms with Gasteiger partial charge < -0.3 is 14.0 Å². The molecule has 3 aromatic carbocycles. The SMILES string of the molecule is CCOC(=O)c1ccc2c(c1)nc(SCc1ccc(F)cc1C(F)(F)F)n2CCc1ccc(OC)cc1. The number of halogens is 4. The van der Waals surface area contributed by atoms with Crippen molar-refractivity contribution in [3.8, 4) is 5.75 Å². The van der Waals surface area contributed by atoms with Crippen molar-refractivity contribution in [1.29, 1.82) is 0 Å². The molecule has 194 valence electrons. The van der Waals surface area contributed by atoms with E-state index in [1.165, 1.54) is 0 Å². The number of thioether (sulfide) groups is 1. The molecular weight excluding hydrogens is 508 g/mol. The Labute approximate surface area is 215 Å². The van der Waals surface area contributed by atoms with E-state index in [0.29, 0.717) is 35.3 Å². The standard InChI is InChI=1S/C27H24F4N2O3S/c1-3-36-25(34)18-7-11-24-23(14-18)32-26(33(24)13-12-17-4-9-21(35-2)10-5-17)37-16-19-6-8-20(28)15-22(19)27(29,30)31/h4-11,14-15H,3,12-13,16H2,1-2H3. The fourth-order valence-electron chi connectivity index (χ4n) is 3.89. The van der Waals surface area contributed by atoms with Crippen molar-refractivity contribution in [3.05, 3.63) is 88.7 Å². The number of rotatable bonds is 9. The lowest BCUT2D eigenvalue weighted by Crippen LogP contribution is -2.09. The Bertz CT molecular complexity index is 1400. The van der Waals surface area contributed by atoms with E-state index in [9.17, 15) is 22.4 Å². The van der Waals surface area contributed by atoms with E-state index in [1.54, 1.807) is 32.2 Å². The van der Waals surface area contributed by atoms with Gasteiger partial charge in [-0.15, -0.1) is 0 Å². The van der Waals surface area contributed by atoms with Gasteiger partial charge in [-0.1, -0.05) is 30.0 Å². The second-order valence-corrected chi connectivity index (χ2v) is 9.10. The van der Waals surface area contributed by atoms with Crippen molar-refractivity contribution in [3.63, 3.8) is 0 Å². The number of imidazole rings is 1. The van der Waals surface area contributed by atoms with Crippen LogP contribution in [-0.4, -0.2) is 29.2 Å². The molecule has 1 heterocycles. The third-order valence-electron chi connectivity index (χ3n) is 5.74. The summed E-state index contributed by atoms with van der Waals surface area (Å²) >= 11 is 1.12. The lowest BCUT2D eigenvalue weighted by molar-refractivity contribution is -0.138. The minimum Gasteiger partial charge on any atom is -0.497 e. The van der Waals surface area contributed by atoms with Crippen molar-refractivity contribution in [2.24, 2.45) is 0 Å². The molecule has 0 fully saturated rings. The Morgan fingerprint density at radius 2 is 1.81 bits per heavy atom. The largest absolute Gasteiger partial charge is 0.497 e. The number of alkyl halides is 3. The fourth-order valence-corrected chi connectivity index (χ4v) is 4.93.